The number of carbonyl (C=O) groups is 1. The molecule has 9 atom stereocenters. The molecule has 0 heterocycles. The zero-order valence-corrected chi connectivity index (χ0v) is 16.5. The van der Waals surface area contributed by atoms with Gasteiger partial charge in [0.1, 0.15) is 5.78 Å². The van der Waals surface area contributed by atoms with Crippen LogP contribution in [0.25, 0.3) is 0 Å². The first-order valence-electron chi connectivity index (χ1n) is 10.5. The van der Waals surface area contributed by atoms with Crippen molar-refractivity contribution in [2.24, 2.45) is 40.4 Å². The molecule has 4 rings (SSSR count). The van der Waals surface area contributed by atoms with E-state index in [1.807, 2.05) is 6.92 Å². The van der Waals surface area contributed by atoms with Crippen LogP contribution in [0.2, 0.25) is 0 Å². The van der Waals surface area contributed by atoms with Crippen LogP contribution in [0.3, 0.4) is 0 Å². The first kappa shape index (κ1) is 18.0. The molecular weight excluding hydrogens is 312 g/mol. The maximum atomic E-state index is 12.2. The molecule has 1 N–H and O–H groups in total. The number of hydrogen-bond acceptors (Lipinski definition) is 3. The quantitative estimate of drug-likeness (QED) is 0.813. The summed E-state index contributed by atoms with van der Waals surface area (Å²) in [6, 6.07) is 0. The molecule has 0 aromatic carbocycles. The van der Waals surface area contributed by atoms with E-state index in [1.54, 1.807) is 7.11 Å². The number of carbonyl (C=O) groups excluding carboxylic acids is 1. The third kappa shape index (κ3) is 2.48. The Morgan fingerprint density at radius 1 is 1.04 bits per heavy atom. The van der Waals surface area contributed by atoms with Gasteiger partial charge in [-0.15, -0.1) is 0 Å². The molecule has 0 aromatic rings. The van der Waals surface area contributed by atoms with Gasteiger partial charge in [0.15, 0.2) is 0 Å². The summed E-state index contributed by atoms with van der Waals surface area (Å²) in [5.41, 5.74) is 0.545. The van der Waals surface area contributed by atoms with Crippen molar-refractivity contribution >= 4 is 5.78 Å². The Kier molecular flexibility index (Phi) is 4.35. The molecule has 4 fully saturated rings. The van der Waals surface area contributed by atoms with Gasteiger partial charge in [-0.2, -0.15) is 0 Å². The van der Waals surface area contributed by atoms with Gasteiger partial charge in [0.05, 0.1) is 12.2 Å². The fraction of sp³-hybridized carbons (Fsp3) is 0.955. The van der Waals surface area contributed by atoms with Gasteiger partial charge in [-0.25, -0.2) is 0 Å². The molecule has 0 unspecified atom stereocenters. The molecule has 0 amide bonds. The van der Waals surface area contributed by atoms with Crippen molar-refractivity contribution in [2.45, 2.75) is 84.3 Å². The third-order valence-electron chi connectivity index (χ3n) is 9.45. The second-order valence-corrected chi connectivity index (χ2v) is 10.2. The molecule has 0 bridgehead atoms. The first-order valence-corrected chi connectivity index (χ1v) is 10.5. The van der Waals surface area contributed by atoms with Crippen LogP contribution in [0.4, 0.5) is 0 Å². The molecule has 4 aliphatic carbocycles. The van der Waals surface area contributed by atoms with E-state index in [2.05, 4.69) is 13.8 Å². The summed E-state index contributed by atoms with van der Waals surface area (Å²) in [6.07, 6.45) is 9.03. The number of rotatable bonds is 2. The van der Waals surface area contributed by atoms with Crippen LogP contribution in [0, 0.1) is 40.4 Å². The normalized spacial score (nSPS) is 55.2. The number of aliphatic hydroxyl groups is 1. The number of aliphatic hydroxyl groups excluding tert-OH is 1. The molecule has 4 aliphatic rings. The number of methoxy groups -OCH3 is 1. The van der Waals surface area contributed by atoms with Gasteiger partial charge in [0.25, 0.3) is 0 Å². The minimum Gasteiger partial charge on any atom is -0.390 e. The number of ether oxygens (including phenoxy) is 1. The van der Waals surface area contributed by atoms with E-state index in [-0.39, 0.29) is 17.6 Å². The highest BCUT2D eigenvalue weighted by Crippen LogP contribution is 2.67. The minimum absolute atomic E-state index is 0.00172. The van der Waals surface area contributed by atoms with Crippen molar-refractivity contribution in [1.82, 2.24) is 0 Å². The summed E-state index contributed by atoms with van der Waals surface area (Å²) in [5, 5.41) is 10.4. The molecule has 3 heteroatoms. The van der Waals surface area contributed by atoms with Gasteiger partial charge in [-0.05, 0) is 92.8 Å². The Labute approximate surface area is 152 Å². The Hall–Kier alpha value is -0.410. The van der Waals surface area contributed by atoms with Crippen LogP contribution < -0.4 is 0 Å². The molecule has 0 aliphatic heterocycles. The molecule has 3 nitrogen and oxygen atoms in total. The monoisotopic (exact) mass is 348 g/mol. The standard InChI is InChI=1S/C22H36O3/c1-13(23)16-7-8-17-15-6-5-14-11-19(24)20(25-4)12-22(14,3)18(15)9-10-21(16,17)2/h14-20,24H,5-12H2,1-4H3/t14-,15-,16+,17-,18-,19-,20-,21+,22-/m0/s1. The number of fused-ring (bicyclic) bond motifs is 5. The molecule has 142 valence electrons. The van der Waals surface area contributed by atoms with E-state index >= 15 is 0 Å². The fourth-order valence-electron chi connectivity index (χ4n) is 8.16. The average Bonchev–Trinajstić information content (AvgIpc) is 2.92. The van der Waals surface area contributed by atoms with E-state index in [4.69, 9.17) is 4.74 Å². The van der Waals surface area contributed by atoms with Crippen LogP contribution in [0.15, 0.2) is 0 Å². The highest BCUT2D eigenvalue weighted by atomic mass is 16.5. The SMILES string of the molecule is CO[C@H]1C[C@@]2(C)[C@@H](CC[C@@H]3[C@@H]2CC[C@]2(C)[C@@H](C(C)=O)CC[C@@H]32)C[C@@H]1O. The molecule has 4 saturated carbocycles. The summed E-state index contributed by atoms with van der Waals surface area (Å²) in [4.78, 5) is 12.2. The second-order valence-electron chi connectivity index (χ2n) is 10.2. The Morgan fingerprint density at radius 2 is 1.76 bits per heavy atom. The fourth-order valence-corrected chi connectivity index (χ4v) is 8.16. The summed E-state index contributed by atoms with van der Waals surface area (Å²) in [5.74, 6) is 3.61. The van der Waals surface area contributed by atoms with Crippen LogP contribution in [-0.2, 0) is 9.53 Å². The summed E-state index contributed by atoms with van der Waals surface area (Å²) in [7, 11) is 1.75. The Balaban J connectivity index is 1.62. The Morgan fingerprint density at radius 3 is 2.44 bits per heavy atom. The number of Topliss-reactive ketones (excluding diaryl/α,β-unsaturated/α-hetero) is 1. The minimum atomic E-state index is -0.290. The largest absolute Gasteiger partial charge is 0.390 e. The molecule has 0 aromatic heterocycles. The lowest BCUT2D eigenvalue weighted by Crippen LogP contribution is -2.57. The van der Waals surface area contributed by atoms with Crippen molar-refractivity contribution in [2.75, 3.05) is 7.11 Å². The van der Waals surface area contributed by atoms with E-state index in [9.17, 15) is 9.90 Å². The second kappa shape index (κ2) is 6.05. The zero-order valence-electron chi connectivity index (χ0n) is 16.5. The summed E-state index contributed by atoms with van der Waals surface area (Å²) < 4.78 is 5.66. The van der Waals surface area contributed by atoms with Crippen molar-refractivity contribution in [3.63, 3.8) is 0 Å². The first-order chi connectivity index (χ1) is 11.8. The third-order valence-corrected chi connectivity index (χ3v) is 9.45. The van der Waals surface area contributed by atoms with Gasteiger partial charge in [0.2, 0.25) is 0 Å². The predicted octanol–water partition coefficient (Wildman–Crippen LogP) is 4.22. The Bertz CT molecular complexity index is 545. The molecule has 0 radical (unpaired) electrons. The molecule has 25 heavy (non-hydrogen) atoms. The zero-order chi connectivity index (χ0) is 18.0. The highest BCUT2D eigenvalue weighted by molar-refractivity contribution is 5.79. The van der Waals surface area contributed by atoms with Gasteiger partial charge in [-0.1, -0.05) is 13.8 Å². The lowest BCUT2D eigenvalue weighted by Gasteiger charge is -2.61. The van der Waals surface area contributed by atoms with Crippen LogP contribution >= 0.6 is 0 Å². The van der Waals surface area contributed by atoms with Crippen molar-refractivity contribution in [1.29, 1.82) is 0 Å². The van der Waals surface area contributed by atoms with E-state index in [0.29, 0.717) is 23.0 Å². The van der Waals surface area contributed by atoms with Gasteiger partial charge < -0.3 is 9.84 Å². The summed E-state index contributed by atoms with van der Waals surface area (Å²) in [6.45, 7) is 6.73. The van der Waals surface area contributed by atoms with E-state index in [1.165, 1.54) is 32.1 Å². The number of ketones is 1. The maximum Gasteiger partial charge on any atom is 0.133 e. The lowest BCUT2D eigenvalue weighted by molar-refractivity contribution is -0.166. The molecule has 0 saturated heterocycles. The molecular formula is C22H36O3. The van der Waals surface area contributed by atoms with Gasteiger partial charge in [-0.3, -0.25) is 4.79 Å². The van der Waals surface area contributed by atoms with Crippen LogP contribution in [-0.4, -0.2) is 30.2 Å². The lowest BCUT2D eigenvalue weighted by atomic mass is 9.44. The predicted molar refractivity (Wildman–Crippen MR) is 98.1 cm³/mol. The van der Waals surface area contributed by atoms with E-state index in [0.717, 1.165) is 37.0 Å². The maximum absolute atomic E-state index is 12.2. The molecule has 0 spiro atoms. The topological polar surface area (TPSA) is 46.5 Å². The van der Waals surface area contributed by atoms with Crippen molar-refractivity contribution in [3.8, 4) is 0 Å². The van der Waals surface area contributed by atoms with E-state index < -0.39 is 0 Å². The van der Waals surface area contributed by atoms with Crippen LogP contribution in [0.5, 0.6) is 0 Å². The summed E-state index contributed by atoms with van der Waals surface area (Å²) >= 11 is 0. The number of hydrogen-bond donors (Lipinski definition) is 1. The van der Waals surface area contributed by atoms with Crippen molar-refractivity contribution in [3.05, 3.63) is 0 Å². The van der Waals surface area contributed by atoms with Crippen molar-refractivity contribution < 1.29 is 14.6 Å². The van der Waals surface area contributed by atoms with Gasteiger partial charge in [0, 0.05) is 13.0 Å². The average molecular weight is 349 g/mol. The smallest absolute Gasteiger partial charge is 0.133 e. The highest BCUT2D eigenvalue weighted by Gasteiger charge is 2.61. The van der Waals surface area contributed by atoms with Crippen LogP contribution in [0.1, 0.15) is 72.1 Å². The van der Waals surface area contributed by atoms with Gasteiger partial charge >= 0.3 is 0 Å².